The van der Waals surface area contributed by atoms with E-state index in [0.29, 0.717) is 23.1 Å². The average Bonchev–Trinajstić information content (AvgIpc) is 2.71. The molecule has 0 aliphatic carbocycles. The van der Waals surface area contributed by atoms with Gasteiger partial charge >= 0.3 is 0 Å². The van der Waals surface area contributed by atoms with E-state index in [9.17, 15) is 10.0 Å². The molecule has 2 heterocycles. The van der Waals surface area contributed by atoms with Crippen molar-refractivity contribution in [2.45, 2.75) is 13.3 Å². The number of hydrogen-bond donors (Lipinski definition) is 1. The van der Waals surface area contributed by atoms with Crippen LogP contribution in [0, 0.1) is 6.92 Å². The lowest BCUT2D eigenvalue weighted by Gasteiger charge is -2.07. The first-order valence-electron chi connectivity index (χ1n) is 5.18. The third-order valence-electron chi connectivity index (χ3n) is 2.97. The third-order valence-corrected chi connectivity index (χ3v) is 2.97. The molecule has 0 bridgehead atoms. The number of aryl methyl sites for hydroxylation is 1. The van der Waals surface area contributed by atoms with Crippen LogP contribution in [0.3, 0.4) is 0 Å². The molecule has 4 nitrogen and oxygen atoms in total. The van der Waals surface area contributed by atoms with Gasteiger partial charge in [-0.15, -0.1) is 0 Å². The van der Waals surface area contributed by atoms with Crippen LogP contribution in [0.1, 0.15) is 11.1 Å². The number of aromatic nitrogens is 1. The van der Waals surface area contributed by atoms with Crippen molar-refractivity contribution in [1.29, 1.82) is 0 Å². The molecule has 0 saturated heterocycles. The highest BCUT2D eigenvalue weighted by molar-refractivity contribution is 5.82. The van der Waals surface area contributed by atoms with Crippen molar-refractivity contribution < 1.29 is 9.94 Å². The molecular weight excluding hydrogens is 206 g/mol. The van der Waals surface area contributed by atoms with E-state index in [4.69, 9.17) is 4.74 Å². The van der Waals surface area contributed by atoms with Crippen molar-refractivity contribution in [3.8, 4) is 5.75 Å². The standard InChI is InChI=1S/C12H11NO3/c1-7-6-13(15)10-4-8-2-3-16-11(8)5-9(10)12(7)14/h4-6,15H,2-3H2,1H3. The molecule has 0 saturated carbocycles. The summed E-state index contributed by atoms with van der Waals surface area (Å²) in [4.78, 5) is 11.9. The minimum Gasteiger partial charge on any atom is -0.493 e. The van der Waals surface area contributed by atoms with Crippen molar-refractivity contribution in [3.63, 3.8) is 0 Å². The highest BCUT2D eigenvalue weighted by Crippen LogP contribution is 2.28. The molecule has 0 spiro atoms. The highest BCUT2D eigenvalue weighted by Gasteiger charge is 2.16. The summed E-state index contributed by atoms with van der Waals surface area (Å²) in [5.74, 6) is 0.759. The lowest BCUT2D eigenvalue weighted by molar-refractivity contribution is 0.197. The second-order valence-corrected chi connectivity index (χ2v) is 4.06. The quantitative estimate of drug-likeness (QED) is 0.680. The first kappa shape index (κ1) is 9.27. The summed E-state index contributed by atoms with van der Waals surface area (Å²) >= 11 is 0. The van der Waals surface area contributed by atoms with E-state index in [1.165, 1.54) is 6.20 Å². The predicted octanol–water partition coefficient (Wildman–Crippen LogP) is 1.48. The van der Waals surface area contributed by atoms with Crippen LogP contribution in [0.2, 0.25) is 0 Å². The molecule has 4 heteroatoms. The smallest absolute Gasteiger partial charge is 0.192 e. The van der Waals surface area contributed by atoms with E-state index in [1.54, 1.807) is 13.0 Å². The summed E-state index contributed by atoms with van der Waals surface area (Å²) < 4.78 is 6.42. The Morgan fingerprint density at radius 2 is 2.25 bits per heavy atom. The van der Waals surface area contributed by atoms with Crippen molar-refractivity contribution in [3.05, 3.63) is 39.7 Å². The lowest BCUT2D eigenvalue weighted by Crippen LogP contribution is -2.10. The Balaban J connectivity index is 2.48. The normalized spacial score (nSPS) is 13.8. The largest absolute Gasteiger partial charge is 0.493 e. The Morgan fingerprint density at radius 3 is 3.06 bits per heavy atom. The van der Waals surface area contributed by atoms with Gasteiger partial charge < -0.3 is 9.94 Å². The number of ether oxygens (including phenoxy) is 1. The highest BCUT2D eigenvalue weighted by atomic mass is 16.5. The Kier molecular flexibility index (Phi) is 1.74. The van der Waals surface area contributed by atoms with Gasteiger partial charge in [-0.05, 0) is 24.6 Å². The monoisotopic (exact) mass is 217 g/mol. The second-order valence-electron chi connectivity index (χ2n) is 4.06. The Morgan fingerprint density at radius 1 is 1.44 bits per heavy atom. The molecular formula is C12H11NO3. The molecule has 82 valence electrons. The molecule has 1 aliphatic heterocycles. The van der Waals surface area contributed by atoms with E-state index < -0.39 is 0 Å². The van der Waals surface area contributed by atoms with Gasteiger partial charge in [0.05, 0.1) is 23.7 Å². The van der Waals surface area contributed by atoms with Crippen LogP contribution < -0.4 is 10.2 Å². The Hall–Kier alpha value is -1.97. The number of hydrogen-bond acceptors (Lipinski definition) is 3. The molecule has 0 fully saturated rings. The molecule has 0 amide bonds. The van der Waals surface area contributed by atoms with Gasteiger partial charge in [0.15, 0.2) is 5.43 Å². The molecule has 0 unspecified atom stereocenters. The minimum atomic E-state index is -0.0569. The van der Waals surface area contributed by atoms with Gasteiger partial charge in [0, 0.05) is 12.0 Å². The van der Waals surface area contributed by atoms with Crippen LogP contribution in [-0.4, -0.2) is 16.5 Å². The summed E-state index contributed by atoms with van der Waals surface area (Å²) in [6.45, 7) is 2.33. The van der Waals surface area contributed by atoms with Crippen molar-refractivity contribution in [2.24, 2.45) is 0 Å². The van der Waals surface area contributed by atoms with Gasteiger partial charge in [-0.2, -0.15) is 4.73 Å². The molecule has 2 aromatic rings. The molecule has 0 radical (unpaired) electrons. The van der Waals surface area contributed by atoms with E-state index in [2.05, 4.69) is 0 Å². The molecule has 1 aliphatic rings. The number of fused-ring (bicyclic) bond motifs is 2. The fourth-order valence-electron chi connectivity index (χ4n) is 2.11. The summed E-state index contributed by atoms with van der Waals surface area (Å²) in [5, 5.41) is 10.2. The molecule has 0 atom stereocenters. The number of nitrogens with zero attached hydrogens (tertiary/aromatic N) is 1. The van der Waals surface area contributed by atoms with Gasteiger partial charge in [-0.25, -0.2) is 0 Å². The van der Waals surface area contributed by atoms with E-state index >= 15 is 0 Å². The zero-order valence-electron chi connectivity index (χ0n) is 8.86. The minimum absolute atomic E-state index is 0.0569. The third kappa shape index (κ3) is 1.13. The van der Waals surface area contributed by atoms with Crippen LogP contribution >= 0.6 is 0 Å². The summed E-state index contributed by atoms with van der Waals surface area (Å²) in [7, 11) is 0. The maximum absolute atomic E-state index is 11.9. The summed E-state index contributed by atoms with van der Waals surface area (Å²) in [5.41, 5.74) is 2.05. The fourth-order valence-corrected chi connectivity index (χ4v) is 2.11. The van der Waals surface area contributed by atoms with Gasteiger partial charge in [-0.3, -0.25) is 4.79 Å². The zero-order valence-corrected chi connectivity index (χ0v) is 8.86. The molecule has 1 aromatic heterocycles. The lowest BCUT2D eigenvalue weighted by atomic mass is 10.1. The summed E-state index contributed by atoms with van der Waals surface area (Å²) in [6.07, 6.45) is 2.26. The molecule has 1 N–H and O–H groups in total. The van der Waals surface area contributed by atoms with Crippen LogP contribution in [0.5, 0.6) is 5.75 Å². The van der Waals surface area contributed by atoms with Crippen molar-refractivity contribution in [1.82, 2.24) is 4.73 Å². The molecule has 1 aromatic carbocycles. The van der Waals surface area contributed by atoms with E-state index in [1.807, 2.05) is 6.07 Å². The van der Waals surface area contributed by atoms with E-state index in [-0.39, 0.29) is 5.43 Å². The van der Waals surface area contributed by atoms with Gasteiger partial charge in [0.1, 0.15) is 5.75 Å². The van der Waals surface area contributed by atoms with Crippen molar-refractivity contribution in [2.75, 3.05) is 6.61 Å². The molecule has 16 heavy (non-hydrogen) atoms. The number of pyridine rings is 1. The van der Waals surface area contributed by atoms with E-state index in [0.717, 1.165) is 22.5 Å². The second kappa shape index (κ2) is 3.01. The Bertz CT molecular complexity index is 643. The van der Waals surface area contributed by atoms with Gasteiger partial charge in [0.25, 0.3) is 0 Å². The Labute approximate surface area is 91.7 Å². The first-order valence-corrected chi connectivity index (χ1v) is 5.18. The number of rotatable bonds is 0. The molecule has 3 rings (SSSR count). The predicted molar refractivity (Wildman–Crippen MR) is 59.3 cm³/mol. The SMILES string of the molecule is Cc1cn(O)c2cc3c(cc2c1=O)OCC3. The van der Waals surface area contributed by atoms with Gasteiger partial charge in [0.2, 0.25) is 0 Å². The van der Waals surface area contributed by atoms with Gasteiger partial charge in [-0.1, -0.05) is 0 Å². The fraction of sp³-hybridized carbons (Fsp3) is 0.250. The van der Waals surface area contributed by atoms with Crippen molar-refractivity contribution >= 4 is 10.9 Å². The number of benzene rings is 1. The van der Waals surface area contributed by atoms with Crippen LogP contribution in [-0.2, 0) is 6.42 Å². The zero-order chi connectivity index (χ0) is 11.3. The van der Waals surface area contributed by atoms with Crippen LogP contribution in [0.4, 0.5) is 0 Å². The summed E-state index contributed by atoms with van der Waals surface area (Å²) in [6, 6.07) is 3.54. The maximum atomic E-state index is 11.9. The topological polar surface area (TPSA) is 51.5 Å². The average molecular weight is 217 g/mol. The first-order chi connectivity index (χ1) is 7.66. The maximum Gasteiger partial charge on any atom is 0.192 e. The van der Waals surface area contributed by atoms with Crippen LogP contribution in [0.25, 0.3) is 10.9 Å². The van der Waals surface area contributed by atoms with Crippen LogP contribution in [0.15, 0.2) is 23.1 Å².